The zero-order valence-corrected chi connectivity index (χ0v) is 15.4. The van der Waals surface area contributed by atoms with Crippen LogP contribution < -0.4 is 11.1 Å². The van der Waals surface area contributed by atoms with Crippen molar-refractivity contribution in [2.45, 2.75) is 45.3 Å². The lowest BCUT2D eigenvalue weighted by atomic mass is 9.54. The molecule has 0 aromatic carbocycles. The quantitative estimate of drug-likeness (QED) is 0.686. The lowest BCUT2D eigenvalue weighted by Crippen LogP contribution is -2.75. The molecule has 0 bridgehead atoms. The highest BCUT2D eigenvalue weighted by molar-refractivity contribution is 5.88. The number of hydrogen-bond donors (Lipinski definition) is 2. The van der Waals surface area contributed by atoms with Crippen LogP contribution in [0.15, 0.2) is 0 Å². The molecule has 1 amide bonds. The average Bonchev–Trinajstić information content (AvgIpc) is 2.33. The molecule has 1 aliphatic rings. The molecule has 0 spiro atoms. The Balaban J connectivity index is 0. The monoisotopic (exact) mass is 343 g/mol. The largest absolute Gasteiger partial charge is 0.378 e. The van der Waals surface area contributed by atoms with Crippen LogP contribution >= 0.6 is 24.8 Å². The number of halogens is 2. The summed E-state index contributed by atoms with van der Waals surface area (Å²) in [6.45, 7) is 8.28. The molecule has 2 unspecified atom stereocenters. The molecule has 21 heavy (non-hydrogen) atoms. The molecule has 0 radical (unpaired) electrons. The SMILES string of the molecule is CCOC1CC(N)(C(=O)NCCCN(C)C)C1(C)C.Cl.Cl. The fourth-order valence-corrected chi connectivity index (χ4v) is 2.58. The summed E-state index contributed by atoms with van der Waals surface area (Å²) in [4.78, 5) is 14.4. The van der Waals surface area contributed by atoms with E-state index in [1.54, 1.807) is 0 Å². The molecule has 0 aliphatic heterocycles. The van der Waals surface area contributed by atoms with E-state index in [0.29, 0.717) is 19.6 Å². The van der Waals surface area contributed by atoms with E-state index in [2.05, 4.69) is 10.2 Å². The van der Waals surface area contributed by atoms with E-state index in [4.69, 9.17) is 10.5 Å². The molecule has 5 nitrogen and oxygen atoms in total. The molecule has 3 N–H and O–H groups in total. The Morgan fingerprint density at radius 1 is 1.38 bits per heavy atom. The summed E-state index contributed by atoms with van der Waals surface area (Å²) in [6, 6.07) is 0. The number of amides is 1. The highest BCUT2D eigenvalue weighted by Gasteiger charge is 2.62. The van der Waals surface area contributed by atoms with Crippen molar-refractivity contribution in [1.82, 2.24) is 10.2 Å². The second-order valence-corrected chi connectivity index (χ2v) is 6.25. The highest BCUT2D eigenvalue weighted by Crippen LogP contribution is 2.49. The van der Waals surface area contributed by atoms with Gasteiger partial charge in [0.1, 0.15) is 5.54 Å². The summed E-state index contributed by atoms with van der Waals surface area (Å²) in [5, 5.41) is 2.95. The van der Waals surface area contributed by atoms with Gasteiger partial charge in [-0.1, -0.05) is 13.8 Å². The van der Waals surface area contributed by atoms with Gasteiger partial charge >= 0.3 is 0 Å². The third-order valence-corrected chi connectivity index (χ3v) is 4.30. The zero-order valence-electron chi connectivity index (χ0n) is 13.8. The van der Waals surface area contributed by atoms with Crippen molar-refractivity contribution >= 4 is 30.7 Å². The number of hydrogen-bond acceptors (Lipinski definition) is 4. The molecule has 0 aromatic rings. The van der Waals surface area contributed by atoms with E-state index in [1.165, 1.54) is 0 Å². The van der Waals surface area contributed by atoms with E-state index in [9.17, 15) is 4.79 Å². The summed E-state index contributed by atoms with van der Waals surface area (Å²) in [6.07, 6.45) is 1.62. The fraction of sp³-hybridized carbons (Fsp3) is 0.929. The van der Waals surface area contributed by atoms with Gasteiger partial charge in [0.05, 0.1) is 6.10 Å². The van der Waals surface area contributed by atoms with E-state index in [-0.39, 0.29) is 42.2 Å². The summed E-state index contributed by atoms with van der Waals surface area (Å²) in [5.74, 6) is -0.0489. The van der Waals surface area contributed by atoms with Crippen LogP contribution in [-0.2, 0) is 9.53 Å². The Hall–Kier alpha value is -0.0700. The number of carbonyl (C=O) groups excluding carboxylic acids is 1. The summed E-state index contributed by atoms with van der Waals surface area (Å²) in [5.41, 5.74) is 5.17. The number of nitrogens with two attached hydrogens (primary N) is 1. The predicted octanol–water partition coefficient (Wildman–Crippen LogP) is 1.43. The van der Waals surface area contributed by atoms with Crippen molar-refractivity contribution < 1.29 is 9.53 Å². The molecule has 128 valence electrons. The number of nitrogens with zero attached hydrogens (tertiary/aromatic N) is 1. The topological polar surface area (TPSA) is 67.6 Å². The van der Waals surface area contributed by atoms with Crippen LogP contribution in [0, 0.1) is 5.41 Å². The van der Waals surface area contributed by atoms with Crippen molar-refractivity contribution in [2.24, 2.45) is 11.1 Å². The smallest absolute Gasteiger partial charge is 0.240 e. The van der Waals surface area contributed by atoms with Gasteiger partial charge in [0.15, 0.2) is 0 Å². The van der Waals surface area contributed by atoms with E-state index in [1.807, 2.05) is 34.9 Å². The summed E-state index contributed by atoms with van der Waals surface area (Å²) in [7, 11) is 4.04. The van der Waals surface area contributed by atoms with Gasteiger partial charge < -0.3 is 20.7 Å². The first-order valence-electron chi connectivity index (χ1n) is 7.09. The number of ether oxygens (including phenoxy) is 1. The van der Waals surface area contributed by atoms with E-state index >= 15 is 0 Å². The summed E-state index contributed by atoms with van der Waals surface area (Å²) < 4.78 is 5.63. The minimum atomic E-state index is -0.801. The second kappa shape index (κ2) is 9.16. The molecule has 1 saturated carbocycles. The minimum absolute atomic E-state index is 0. The highest BCUT2D eigenvalue weighted by atomic mass is 35.5. The van der Waals surface area contributed by atoms with Crippen molar-refractivity contribution in [1.29, 1.82) is 0 Å². The van der Waals surface area contributed by atoms with Gasteiger partial charge in [-0.05, 0) is 34.0 Å². The van der Waals surface area contributed by atoms with Gasteiger partial charge in [-0.15, -0.1) is 24.8 Å². The Bertz CT molecular complexity index is 327. The maximum Gasteiger partial charge on any atom is 0.240 e. The first kappa shape index (κ1) is 23.2. The number of carbonyl (C=O) groups is 1. The van der Waals surface area contributed by atoms with Gasteiger partial charge in [0.25, 0.3) is 0 Å². The molecular formula is C14H31Cl2N3O2. The number of rotatable bonds is 7. The molecule has 1 rings (SSSR count). The third-order valence-electron chi connectivity index (χ3n) is 4.30. The van der Waals surface area contributed by atoms with Crippen LogP contribution in [-0.4, -0.2) is 56.2 Å². The maximum atomic E-state index is 12.3. The van der Waals surface area contributed by atoms with Gasteiger partial charge in [-0.2, -0.15) is 0 Å². The third kappa shape index (κ3) is 4.96. The van der Waals surface area contributed by atoms with Crippen molar-refractivity contribution in [3.05, 3.63) is 0 Å². The lowest BCUT2D eigenvalue weighted by molar-refractivity contribution is -0.170. The average molecular weight is 344 g/mol. The minimum Gasteiger partial charge on any atom is -0.378 e. The lowest BCUT2D eigenvalue weighted by Gasteiger charge is -2.57. The van der Waals surface area contributed by atoms with Crippen LogP contribution in [0.4, 0.5) is 0 Å². The molecule has 0 aromatic heterocycles. The molecule has 1 aliphatic carbocycles. The molecule has 0 saturated heterocycles. The van der Waals surface area contributed by atoms with Gasteiger partial charge in [0, 0.05) is 25.0 Å². The number of nitrogens with one attached hydrogen (secondary N) is 1. The van der Waals surface area contributed by atoms with Crippen molar-refractivity contribution in [3.8, 4) is 0 Å². The van der Waals surface area contributed by atoms with Crippen molar-refractivity contribution in [3.63, 3.8) is 0 Å². The Morgan fingerprint density at radius 2 is 1.95 bits per heavy atom. The molecule has 7 heteroatoms. The standard InChI is InChI=1S/C14H29N3O2.2ClH/c1-6-19-11-10-14(15,13(11,2)3)12(18)16-8-7-9-17(4)5;;/h11H,6-10,15H2,1-5H3,(H,16,18);2*1H. The Kier molecular flexibility index (Phi) is 10.1. The molecule has 1 fully saturated rings. The fourth-order valence-electron chi connectivity index (χ4n) is 2.58. The Labute approximate surface area is 141 Å². The molecule has 2 atom stereocenters. The van der Waals surface area contributed by atoms with Crippen LogP contribution in [0.2, 0.25) is 0 Å². The van der Waals surface area contributed by atoms with E-state index < -0.39 is 5.54 Å². The normalized spacial score (nSPS) is 26.3. The van der Waals surface area contributed by atoms with Gasteiger partial charge in [-0.25, -0.2) is 0 Å². The first-order valence-corrected chi connectivity index (χ1v) is 7.09. The van der Waals surface area contributed by atoms with Crippen LogP contribution in [0.25, 0.3) is 0 Å². The maximum absolute atomic E-state index is 12.3. The summed E-state index contributed by atoms with van der Waals surface area (Å²) >= 11 is 0. The van der Waals surface area contributed by atoms with Crippen LogP contribution in [0.1, 0.15) is 33.6 Å². The Morgan fingerprint density at radius 3 is 2.38 bits per heavy atom. The van der Waals surface area contributed by atoms with Crippen LogP contribution in [0.3, 0.4) is 0 Å². The molecule has 0 heterocycles. The van der Waals surface area contributed by atoms with Gasteiger partial charge in [0.2, 0.25) is 5.91 Å². The predicted molar refractivity (Wildman–Crippen MR) is 91.4 cm³/mol. The van der Waals surface area contributed by atoms with Crippen molar-refractivity contribution in [2.75, 3.05) is 33.8 Å². The van der Waals surface area contributed by atoms with Gasteiger partial charge in [-0.3, -0.25) is 4.79 Å². The van der Waals surface area contributed by atoms with E-state index in [0.717, 1.165) is 13.0 Å². The second-order valence-electron chi connectivity index (χ2n) is 6.25. The molecular weight excluding hydrogens is 313 g/mol. The zero-order chi connectivity index (χ0) is 14.7. The van der Waals surface area contributed by atoms with Crippen LogP contribution in [0.5, 0.6) is 0 Å². The first-order chi connectivity index (χ1) is 8.75.